The second-order valence-electron chi connectivity index (χ2n) is 9.85. The number of β-amino-alcohol motifs (C(OH)–C–C–N with tert-alkyl or cyclic N) is 1. The Bertz CT molecular complexity index is 1510. The molecule has 8 nitrogen and oxygen atoms in total. The number of hydrogen-bond donors (Lipinski definition) is 3. The fraction of sp³-hybridized carbons (Fsp3) is 0.276. The summed E-state index contributed by atoms with van der Waals surface area (Å²) in [6.07, 6.45) is 1.97. The van der Waals surface area contributed by atoms with Crippen LogP contribution < -0.4 is 10.0 Å². The van der Waals surface area contributed by atoms with Crippen molar-refractivity contribution in [3.05, 3.63) is 96.2 Å². The standard InChI is InChI=1S/C29H33N3O5S/c1-29(2,15-17-32-16-14-21-18-23(28(34)37-3)12-13-26(21)32)30-20-27(33)22-8-7-9-24(19-22)31-38(35,36)25-10-5-4-6-11-25/h4-14,16,18-19,27,30-31,33H,15,17,20H2,1-3H3/t27-/m0/s1. The van der Waals surface area contributed by atoms with Gasteiger partial charge in [-0.05, 0) is 74.4 Å². The van der Waals surface area contributed by atoms with Gasteiger partial charge in [-0.25, -0.2) is 13.2 Å². The van der Waals surface area contributed by atoms with E-state index < -0.39 is 16.1 Å². The summed E-state index contributed by atoms with van der Waals surface area (Å²) in [6, 6.07) is 22.4. The second kappa shape index (κ2) is 11.4. The third-order valence-corrected chi connectivity index (χ3v) is 7.92. The van der Waals surface area contributed by atoms with Gasteiger partial charge in [-0.1, -0.05) is 30.3 Å². The van der Waals surface area contributed by atoms with Crippen molar-refractivity contribution in [3.63, 3.8) is 0 Å². The average molecular weight is 536 g/mol. The van der Waals surface area contributed by atoms with E-state index in [4.69, 9.17) is 4.74 Å². The third-order valence-electron chi connectivity index (χ3n) is 6.52. The molecule has 1 heterocycles. The van der Waals surface area contributed by atoms with Gasteiger partial charge in [0.25, 0.3) is 10.0 Å². The van der Waals surface area contributed by atoms with E-state index in [0.29, 0.717) is 23.4 Å². The monoisotopic (exact) mass is 535 g/mol. The first-order chi connectivity index (χ1) is 18.1. The molecular formula is C29H33N3O5S. The molecule has 0 spiro atoms. The van der Waals surface area contributed by atoms with Gasteiger partial charge in [-0.15, -0.1) is 0 Å². The lowest BCUT2D eigenvalue weighted by atomic mass is 9.99. The minimum absolute atomic E-state index is 0.175. The molecule has 3 aromatic carbocycles. The molecule has 4 rings (SSSR count). The lowest BCUT2D eigenvalue weighted by molar-refractivity contribution is 0.0601. The second-order valence-corrected chi connectivity index (χ2v) is 11.5. The van der Waals surface area contributed by atoms with Crippen molar-refractivity contribution in [2.24, 2.45) is 0 Å². The van der Waals surface area contributed by atoms with E-state index in [1.54, 1.807) is 48.5 Å². The van der Waals surface area contributed by atoms with Crippen molar-refractivity contribution >= 4 is 32.6 Å². The summed E-state index contributed by atoms with van der Waals surface area (Å²) in [7, 11) is -2.35. The van der Waals surface area contributed by atoms with Gasteiger partial charge < -0.3 is 19.7 Å². The van der Waals surface area contributed by atoms with Crippen LogP contribution in [0.3, 0.4) is 0 Å². The normalized spacial score (nSPS) is 12.8. The van der Waals surface area contributed by atoms with Crippen LogP contribution in [-0.2, 0) is 21.3 Å². The molecule has 0 radical (unpaired) electrons. The first-order valence-electron chi connectivity index (χ1n) is 12.4. The summed E-state index contributed by atoms with van der Waals surface area (Å²) in [6.45, 7) is 5.20. The van der Waals surface area contributed by atoms with E-state index in [2.05, 4.69) is 28.5 Å². The number of aromatic nitrogens is 1. The number of rotatable bonds is 11. The first kappa shape index (κ1) is 27.4. The van der Waals surface area contributed by atoms with Gasteiger partial charge in [0.15, 0.2) is 0 Å². The third kappa shape index (κ3) is 6.61. The van der Waals surface area contributed by atoms with Crippen LogP contribution in [0.5, 0.6) is 0 Å². The molecule has 0 fully saturated rings. The minimum Gasteiger partial charge on any atom is -0.465 e. The first-order valence-corrected chi connectivity index (χ1v) is 13.8. The molecule has 0 saturated heterocycles. The topological polar surface area (TPSA) is 110 Å². The number of anilines is 1. The lowest BCUT2D eigenvalue weighted by Crippen LogP contribution is -2.42. The van der Waals surface area contributed by atoms with E-state index in [-0.39, 0.29) is 16.4 Å². The fourth-order valence-corrected chi connectivity index (χ4v) is 5.31. The van der Waals surface area contributed by atoms with E-state index in [1.807, 2.05) is 24.4 Å². The Morgan fingerprint density at radius 3 is 2.53 bits per heavy atom. The van der Waals surface area contributed by atoms with Crippen LogP contribution >= 0.6 is 0 Å². The molecular weight excluding hydrogens is 502 g/mol. The maximum Gasteiger partial charge on any atom is 0.337 e. The number of benzene rings is 3. The molecule has 0 saturated carbocycles. The fourth-order valence-electron chi connectivity index (χ4n) is 4.24. The van der Waals surface area contributed by atoms with E-state index >= 15 is 0 Å². The number of sulfonamides is 1. The molecule has 0 aliphatic heterocycles. The van der Waals surface area contributed by atoms with E-state index in [1.165, 1.54) is 19.2 Å². The number of ether oxygens (including phenoxy) is 1. The number of nitrogens with one attached hydrogen (secondary N) is 2. The van der Waals surface area contributed by atoms with Crippen LogP contribution in [0.4, 0.5) is 5.69 Å². The quantitative estimate of drug-likeness (QED) is 0.240. The Kier molecular flexibility index (Phi) is 8.20. The summed E-state index contributed by atoms with van der Waals surface area (Å²) >= 11 is 0. The van der Waals surface area contributed by atoms with Crippen molar-refractivity contribution in [1.29, 1.82) is 0 Å². The van der Waals surface area contributed by atoms with Crippen LogP contribution in [0.2, 0.25) is 0 Å². The zero-order valence-corrected chi connectivity index (χ0v) is 22.5. The molecule has 0 unspecified atom stereocenters. The number of esters is 1. The molecule has 9 heteroatoms. The van der Waals surface area contributed by atoms with Gasteiger partial charge in [-0.2, -0.15) is 0 Å². The Labute approximate surface area is 223 Å². The maximum absolute atomic E-state index is 12.6. The average Bonchev–Trinajstić information content (AvgIpc) is 3.33. The predicted octanol–water partition coefficient (Wildman–Crippen LogP) is 4.72. The molecule has 0 aliphatic carbocycles. The molecule has 200 valence electrons. The molecule has 0 bridgehead atoms. The largest absolute Gasteiger partial charge is 0.465 e. The Balaban J connectivity index is 1.35. The number of carbonyl (C=O) groups excluding carboxylic acids is 1. The Morgan fingerprint density at radius 2 is 1.79 bits per heavy atom. The van der Waals surface area contributed by atoms with E-state index in [0.717, 1.165) is 23.9 Å². The minimum atomic E-state index is -3.72. The number of hydrogen-bond acceptors (Lipinski definition) is 6. The predicted molar refractivity (Wildman–Crippen MR) is 149 cm³/mol. The molecule has 3 N–H and O–H groups in total. The molecule has 1 atom stereocenters. The van der Waals surface area contributed by atoms with Crippen LogP contribution in [0.15, 0.2) is 90.0 Å². The Hall–Kier alpha value is -3.66. The molecule has 0 aliphatic rings. The van der Waals surface area contributed by atoms with Crippen LogP contribution in [-0.4, -0.2) is 43.3 Å². The maximum atomic E-state index is 12.6. The Morgan fingerprint density at radius 1 is 1.03 bits per heavy atom. The summed E-state index contributed by atoms with van der Waals surface area (Å²) in [5.74, 6) is -0.359. The van der Waals surface area contributed by atoms with E-state index in [9.17, 15) is 18.3 Å². The van der Waals surface area contributed by atoms with Crippen molar-refractivity contribution in [2.45, 2.75) is 43.4 Å². The highest BCUT2D eigenvalue weighted by Crippen LogP contribution is 2.23. The highest BCUT2D eigenvalue weighted by molar-refractivity contribution is 7.92. The van der Waals surface area contributed by atoms with Gasteiger partial charge in [0.1, 0.15) is 0 Å². The summed E-state index contributed by atoms with van der Waals surface area (Å²) in [5, 5.41) is 15.2. The SMILES string of the molecule is COC(=O)c1ccc2c(ccn2CCC(C)(C)NC[C@H](O)c2cccc(NS(=O)(=O)c3ccccc3)c2)c1. The van der Waals surface area contributed by atoms with Crippen LogP contribution in [0, 0.1) is 0 Å². The summed E-state index contributed by atoms with van der Waals surface area (Å²) < 4.78 is 34.8. The highest BCUT2D eigenvalue weighted by atomic mass is 32.2. The van der Waals surface area contributed by atoms with Crippen LogP contribution in [0.25, 0.3) is 10.9 Å². The summed E-state index contributed by atoms with van der Waals surface area (Å²) in [5.41, 5.74) is 2.27. The number of carbonyl (C=O) groups is 1. The van der Waals surface area contributed by atoms with Crippen molar-refractivity contribution in [3.8, 4) is 0 Å². The van der Waals surface area contributed by atoms with Crippen molar-refractivity contribution < 1.29 is 23.1 Å². The molecule has 38 heavy (non-hydrogen) atoms. The number of aliphatic hydroxyl groups excluding tert-OH is 1. The number of aryl methyl sites for hydroxylation is 1. The van der Waals surface area contributed by atoms with Gasteiger partial charge >= 0.3 is 5.97 Å². The number of methoxy groups -OCH3 is 1. The highest BCUT2D eigenvalue weighted by Gasteiger charge is 2.20. The van der Waals surface area contributed by atoms with Gasteiger partial charge in [0.05, 0.1) is 23.7 Å². The lowest BCUT2D eigenvalue weighted by Gasteiger charge is -2.28. The molecule has 1 aromatic heterocycles. The van der Waals surface area contributed by atoms with Crippen LogP contribution in [0.1, 0.15) is 42.3 Å². The van der Waals surface area contributed by atoms with Crippen molar-refractivity contribution in [1.82, 2.24) is 9.88 Å². The molecule has 0 amide bonds. The summed E-state index contributed by atoms with van der Waals surface area (Å²) in [4.78, 5) is 12.0. The zero-order valence-electron chi connectivity index (χ0n) is 21.7. The number of fused-ring (bicyclic) bond motifs is 1. The van der Waals surface area contributed by atoms with Gasteiger partial charge in [-0.3, -0.25) is 4.72 Å². The van der Waals surface area contributed by atoms with Gasteiger partial charge in [0.2, 0.25) is 0 Å². The van der Waals surface area contributed by atoms with Crippen molar-refractivity contribution in [2.75, 3.05) is 18.4 Å². The van der Waals surface area contributed by atoms with Gasteiger partial charge in [0, 0.05) is 41.4 Å². The smallest absolute Gasteiger partial charge is 0.337 e. The number of aliphatic hydroxyl groups is 1. The molecule has 4 aromatic rings. The number of nitrogens with zero attached hydrogens (tertiary/aromatic N) is 1. The zero-order chi connectivity index (χ0) is 27.3.